The predicted octanol–water partition coefficient (Wildman–Crippen LogP) is 2.62. The van der Waals surface area contributed by atoms with Crippen LogP contribution in [0.1, 0.15) is 15.9 Å². The Balaban J connectivity index is 2.88. The second kappa shape index (κ2) is 5.20. The number of carbonyl (C=O) groups is 1. The van der Waals surface area contributed by atoms with Crippen molar-refractivity contribution in [2.45, 2.75) is 19.6 Å². The molecule has 90 valence electrons. The van der Waals surface area contributed by atoms with Crippen molar-refractivity contribution in [3.05, 3.63) is 35.4 Å². The zero-order valence-corrected chi connectivity index (χ0v) is 12.2. The molecule has 0 bridgehead atoms. The monoisotopic (exact) mass is 245 g/mol. The van der Waals surface area contributed by atoms with Gasteiger partial charge >= 0.3 is 0 Å². The highest BCUT2D eigenvalue weighted by Crippen LogP contribution is 2.06. The lowest BCUT2D eigenvalue weighted by molar-refractivity contribution is 0.0827. The van der Waals surface area contributed by atoms with E-state index in [1.807, 2.05) is 24.3 Å². The summed E-state index contributed by atoms with van der Waals surface area (Å²) in [4.78, 5) is 13.2. The first-order chi connectivity index (χ1) is 7.79. The lowest BCUT2D eigenvalue weighted by Gasteiger charge is -2.09. The van der Waals surface area contributed by atoms with Crippen LogP contribution in [-0.2, 0) is 0 Å². The number of carbonyl (C=O) groups excluding carboxylic acids is 1. The molecule has 0 aliphatic rings. The van der Waals surface area contributed by atoms with Crippen LogP contribution < -0.4 is 0 Å². The smallest absolute Gasteiger partial charge is 0.253 e. The lowest BCUT2D eigenvalue weighted by atomic mass is 10.1. The molecule has 0 aliphatic heterocycles. The maximum Gasteiger partial charge on any atom is 0.253 e. The van der Waals surface area contributed by atoms with Gasteiger partial charge < -0.3 is 4.90 Å². The third-order valence-corrected chi connectivity index (χ3v) is 2.99. The van der Waals surface area contributed by atoms with Gasteiger partial charge in [-0.15, -0.1) is 5.54 Å². The second-order valence-electron chi connectivity index (χ2n) is 5.28. The van der Waals surface area contributed by atoms with Crippen molar-refractivity contribution < 1.29 is 4.79 Å². The van der Waals surface area contributed by atoms with E-state index in [-0.39, 0.29) is 5.91 Å². The average Bonchev–Trinajstić information content (AvgIpc) is 2.25. The molecular weight excluding hydrogens is 226 g/mol. The van der Waals surface area contributed by atoms with E-state index in [0.29, 0.717) is 5.56 Å². The van der Waals surface area contributed by atoms with Crippen LogP contribution in [-0.4, -0.2) is 33.0 Å². The second-order valence-corrected chi connectivity index (χ2v) is 10.0. The Morgan fingerprint density at radius 3 is 2.06 bits per heavy atom. The maximum atomic E-state index is 11.7. The quantitative estimate of drug-likeness (QED) is 0.550. The Kier molecular flexibility index (Phi) is 4.14. The highest BCUT2D eigenvalue weighted by atomic mass is 28.3. The molecule has 0 radical (unpaired) electrons. The number of amides is 1. The highest BCUT2D eigenvalue weighted by molar-refractivity contribution is 6.83. The van der Waals surface area contributed by atoms with Crippen molar-refractivity contribution in [2.24, 2.45) is 0 Å². The summed E-state index contributed by atoms with van der Waals surface area (Å²) in [5.41, 5.74) is 4.98. The van der Waals surface area contributed by atoms with Gasteiger partial charge in [0.15, 0.2) is 0 Å². The summed E-state index contributed by atoms with van der Waals surface area (Å²) in [5.74, 6) is 3.19. The van der Waals surface area contributed by atoms with Crippen molar-refractivity contribution in [3.63, 3.8) is 0 Å². The molecule has 0 aromatic heterocycles. The van der Waals surface area contributed by atoms with Crippen LogP contribution in [0.5, 0.6) is 0 Å². The number of hydrogen-bond donors (Lipinski definition) is 0. The number of rotatable bonds is 1. The highest BCUT2D eigenvalue weighted by Gasteiger charge is 2.08. The summed E-state index contributed by atoms with van der Waals surface area (Å²) >= 11 is 0. The van der Waals surface area contributed by atoms with Gasteiger partial charge in [-0.2, -0.15) is 0 Å². The fourth-order valence-corrected chi connectivity index (χ4v) is 1.73. The first-order valence-corrected chi connectivity index (χ1v) is 9.14. The van der Waals surface area contributed by atoms with Gasteiger partial charge in [-0.25, -0.2) is 0 Å². The molecule has 0 atom stereocenters. The molecule has 1 amide bonds. The first-order valence-electron chi connectivity index (χ1n) is 5.64. The molecule has 0 spiro atoms. The molecule has 0 unspecified atom stereocenters. The molecule has 17 heavy (non-hydrogen) atoms. The van der Waals surface area contributed by atoms with E-state index in [9.17, 15) is 4.79 Å². The van der Waals surface area contributed by atoms with Crippen molar-refractivity contribution in [3.8, 4) is 11.5 Å². The molecule has 2 nitrogen and oxygen atoms in total. The van der Waals surface area contributed by atoms with Gasteiger partial charge in [0, 0.05) is 25.2 Å². The van der Waals surface area contributed by atoms with Crippen LogP contribution in [0.25, 0.3) is 0 Å². The fourth-order valence-electron chi connectivity index (χ4n) is 1.21. The molecule has 0 saturated heterocycles. The topological polar surface area (TPSA) is 20.3 Å². The number of hydrogen-bond acceptors (Lipinski definition) is 1. The number of benzene rings is 1. The van der Waals surface area contributed by atoms with Crippen LogP contribution in [0.4, 0.5) is 0 Å². The van der Waals surface area contributed by atoms with Crippen LogP contribution in [0.3, 0.4) is 0 Å². The summed E-state index contributed by atoms with van der Waals surface area (Å²) in [6.45, 7) is 6.64. The van der Waals surface area contributed by atoms with Crippen LogP contribution >= 0.6 is 0 Å². The van der Waals surface area contributed by atoms with Crippen molar-refractivity contribution in [1.82, 2.24) is 4.90 Å². The minimum Gasteiger partial charge on any atom is -0.345 e. The Bertz CT molecular complexity index is 458. The Morgan fingerprint density at radius 2 is 1.65 bits per heavy atom. The molecular formula is C14H19NOSi. The third kappa shape index (κ3) is 4.45. The van der Waals surface area contributed by atoms with Crippen molar-refractivity contribution in [2.75, 3.05) is 14.1 Å². The lowest BCUT2D eigenvalue weighted by Crippen LogP contribution is -2.21. The summed E-state index contributed by atoms with van der Waals surface area (Å²) in [6, 6.07) is 7.47. The molecule has 1 aromatic rings. The van der Waals surface area contributed by atoms with Gasteiger partial charge in [0.05, 0.1) is 0 Å². The molecule has 3 heteroatoms. The van der Waals surface area contributed by atoms with E-state index in [4.69, 9.17) is 0 Å². The van der Waals surface area contributed by atoms with Crippen LogP contribution in [0, 0.1) is 11.5 Å². The van der Waals surface area contributed by atoms with Crippen molar-refractivity contribution >= 4 is 14.0 Å². The maximum absolute atomic E-state index is 11.7. The molecule has 0 heterocycles. The van der Waals surface area contributed by atoms with E-state index < -0.39 is 8.07 Å². The first kappa shape index (κ1) is 13.5. The van der Waals surface area contributed by atoms with Gasteiger partial charge in [0.2, 0.25) is 0 Å². The minimum atomic E-state index is -1.33. The van der Waals surface area contributed by atoms with Crippen LogP contribution in [0.15, 0.2) is 24.3 Å². The predicted molar refractivity (Wildman–Crippen MR) is 74.7 cm³/mol. The molecule has 1 rings (SSSR count). The van der Waals surface area contributed by atoms with Gasteiger partial charge in [-0.05, 0) is 24.3 Å². The fraction of sp³-hybridized carbons (Fsp3) is 0.357. The zero-order chi connectivity index (χ0) is 13.1. The largest absolute Gasteiger partial charge is 0.345 e. The van der Waals surface area contributed by atoms with E-state index in [1.54, 1.807) is 19.0 Å². The molecule has 0 fully saturated rings. The van der Waals surface area contributed by atoms with E-state index in [2.05, 4.69) is 31.1 Å². The molecule has 1 aromatic carbocycles. The standard InChI is InChI=1S/C14H19NOSi/c1-15(2)14(16)13-8-6-12(7-9-13)10-11-17(3,4)5/h6-9H,1-5H3. The SMILES string of the molecule is CN(C)C(=O)c1ccc(C#C[Si](C)(C)C)cc1. The summed E-state index contributed by atoms with van der Waals surface area (Å²) < 4.78 is 0. The summed E-state index contributed by atoms with van der Waals surface area (Å²) in [6.07, 6.45) is 0. The van der Waals surface area contributed by atoms with E-state index in [1.165, 1.54) is 0 Å². The van der Waals surface area contributed by atoms with Crippen molar-refractivity contribution in [1.29, 1.82) is 0 Å². The Morgan fingerprint density at radius 1 is 1.12 bits per heavy atom. The Hall–Kier alpha value is -1.53. The van der Waals surface area contributed by atoms with E-state index >= 15 is 0 Å². The third-order valence-electron chi connectivity index (χ3n) is 2.12. The summed E-state index contributed by atoms with van der Waals surface area (Å²) in [7, 11) is 2.17. The molecule has 0 saturated carbocycles. The van der Waals surface area contributed by atoms with Gasteiger partial charge in [0.25, 0.3) is 5.91 Å². The van der Waals surface area contributed by atoms with Crippen LogP contribution in [0.2, 0.25) is 19.6 Å². The van der Waals surface area contributed by atoms with E-state index in [0.717, 1.165) is 5.56 Å². The number of nitrogens with zero attached hydrogens (tertiary/aromatic N) is 1. The Labute approximate surface area is 105 Å². The van der Waals surface area contributed by atoms with Gasteiger partial charge in [-0.1, -0.05) is 25.6 Å². The molecule has 0 N–H and O–H groups in total. The van der Waals surface area contributed by atoms with Gasteiger partial charge in [-0.3, -0.25) is 4.79 Å². The minimum absolute atomic E-state index is 0.0229. The average molecular weight is 245 g/mol. The summed E-state index contributed by atoms with van der Waals surface area (Å²) in [5, 5.41) is 0. The zero-order valence-electron chi connectivity index (χ0n) is 11.2. The van der Waals surface area contributed by atoms with Gasteiger partial charge in [0.1, 0.15) is 8.07 Å². The molecule has 0 aliphatic carbocycles. The normalized spacial score (nSPS) is 10.4.